The number of esters is 1. The molecule has 0 amide bonds. The summed E-state index contributed by atoms with van der Waals surface area (Å²) in [5, 5.41) is 0.516. The third kappa shape index (κ3) is 4.35. The van der Waals surface area contributed by atoms with Gasteiger partial charge in [0.2, 0.25) is 0 Å². The van der Waals surface area contributed by atoms with Gasteiger partial charge in [0, 0.05) is 30.8 Å². The van der Waals surface area contributed by atoms with E-state index in [1.165, 1.54) is 0 Å². The van der Waals surface area contributed by atoms with Crippen molar-refractivity contribution >= 4 is 17.7 Å². The Kier molecular flexibility index (Phi) is 6.14. The van der Waals surface area contributed by atoms with E-state index in [9.17, 15) is 4.79 Å². The maximum Gasteiger partial charge on any atom is 0.323 e. The molecule has 2 heterocycles. The minimum absolute atomic E-state index is 0.00217. The second kappa shape index (κ2) is 7.64. The van der Waals surface area contributed by atoms with E-state index in [-0.39, 0.29) is 11.6 Å². The van der Waals surface area contributed by atoms with Crippen molar-refractivity contribution in [3.05, 3.63) is 0 Å². The van der Waals surface area contributed by atoms with Crippen molar-refractivity contribution in [2.45, 2.75) is 49.5 Å². The molecule has 1 spiro atoms. The molecule has 2 aliphatic heterocycles. The van der Waals surface area contributed by atoms with Crippen LogP contribution in [0.3, 0.4) is 0 Å². The monoisotopic (exact) mass is 303 g/mol. The molecule has 0 bridgehead atoms. The molecule has 2 fully saturated rings. The number of carbonyl (C=O) groups excluding carboxylic acids is 1. The number of thioether (sulfide) groups is 1. The van der Waals surface area contributed by atoms with Crippen LogP contribution in [0.4, 0.5) is 0 Å². The number of hydrogen-bond acceptors (Lipinski definition) is 6. The molecule has 0 aromatic carbocycles. The van der Waals surface area contributed by atoms with E-state index in [0.717, 1.165) is 45.5 Å². The van der Waals surface area contributed by atoms with Crippen molar-refractivity contribution in [1.29, 1.82) is 0 Å². The lowest BCUT2D eigenvalue weighted by Gasteiger charge is -2.43. The molecule has 2 saturated heterocycles. The summed E-state index contributed by atoms with van der Waals surface area (Å²) in [5.74, 6) is 0.323. The maximum atomic E-state index is 11.5. The van der Waals surface area contributed by atoms with Crippen LogP contribution in [-0.4, -0.2) is 55.0 Å². The zero-order chi connectivity index (χ0) is 14.4. The first kappa shape index (κ1) is 16.1. The molecule has 2 atom stereocenters. The minimum atomic E-state index is -0.520. The fourth-order valence-corrected chi connectivity index (χ4v) is 4.07. The smallest absolute Gasteiger partial charge is 0.323 e. The molecule has 6 heteroatoms. The van der Waals surface area contributed by atoms with Gasteiger partial charge in [-0.1, -0.05) is 0 Å². The van der Waals surface area contributed by atoms with Crippen LogP contribution in [0.25, 0.3) is 0 Å². The third-order valence-corrected chi connectivity index (χ3v) is 5.38. The summed E-state index contributed by atoms with van der Waals surface area (Å²) in [6.07, 6.45) is 4.03. The Labute approximate surface area is 124 Å². The molecule has 0 radical (unpaired) electrons. The third-order valence-electron chi connectivity index (χ3n) is 3.95. The lowest BCUT2D eigenvalue weighted by Crippen LogP contribution is -2.45. The molecule has 20 heavy (non-hydrogen) atoms. The second-order valence-electron chi connectivity index (χ2n) is 5.45. The molecule has 2 N–H and O–H groups in total. The van der Waals surface area contributed by atoms with Gasteiger partial charge in [-0.3, -0.25) is 4.79 Å². The number of carbonyl (C=O) groups is 1. The topological polar surface area (TPSA) is 70.8 Å². The highest BCUT2D eigenvalue weighted by Gasteiger charge is 2.39. The standard InChI is InChI=1S/C14H25NO4S/c1-2-18-13(16)12(15)10-20-11-3-6-19-14(9-11)4-7-17-8-5-14/h11-12H,2-10,15H2,1H3. The number of hydrogen-bond donors (Lipinski definition) is 1. The van der Waals surface area contributed by atoms with Crippen LogP contribution in [0.15, 0.2) is 0 Å². The number of nitrogens with two attached hydrogens (primary N) is 1. The molecule has 2 aliphatic rings. The van der Waals surface area contributed by atoms with Crippen molar-refractivity contribution in [2.75, 3.05) is 32.2 Å². The Morgan fingerprint density at radius 3 is 2.90 bits per heavy atom. The van der Waals surface area contributed by atoms with Crippen LogP contribution in [-0.2, 0) is 19.0 Å². The van der Waals surface area contributed by atoms with Gasteiger partial charge in [-0.2, -0.15) is 11.8 Å². The molecule has 2 rings (SSSR count). The second-order valence-corrected chi connectivity index (χ2v) is 6.78. The van der Waals surface area contributed by atoms with Crippen LogP contribution >= 0.6 is 11.8 Å². The van der Waals surface area contributed by atoms with E-state index in [1.54, 1.807) is 18.7 Å². The van der Waals surface area contributed by atoms with E-state index in [2.05, 4.69) is 0 Å². The van der Waals surface area contributed by atoms with E-state index in [1.807, 2.05) is 0 Å². The van der Waals surface area contributed by atoms with Crippen LogP contribution in [0.1, 0.15) is 32.6 Å². The molecule has 116 valence electrons. The SMILES string of the molecule is CCOC(=O)C(N)CSC1CCOC2(CCOCC2)C1. The Morgan fingerprint density at radius 2 is 2.20 bits per heavy atom. The zero-order valence-electron chi connectivity index (χ0n) is 12.1. The van der Waals surface area contributed by atoms with Gasteiger partial charge in [-0.15, -0.1) is 0 Å². The molecule has 2 unspecified atom stereocenters. The summed E-state index contributed by atoms with van der Waals surface area (Å²) in [6, 6.07) is -0.520. The van der Waals surface area contributed by atoms with E-state index >= 15 is 0 Å². The average Bonchev–Trinajstić information content (AvgIpc) is 2.46. The maximum absolute atomic E-state index is 11.5. The van der Waals surface area contributed by atoms with Gasteiger partial charge in [-0.05, 0) is 32.6 Å². The molecule has 5 nitrogen and oxygen atoms in total. The predicted octanol–water partition coefficient (Wildman–Crippen LogP) is 1.34. The lowest BCUT2D eigenvalue weighted by atomic mass is 9.86. The summed E-state index contributed by atoms with van der Waals surface area (Å²) >= 11 is 1.78. The summed E-state index contributed by atoms with van der Waals surface area (Å²) < 4.78 is 16.4. The van der Waals surface area contributed by atoms with Gasteiger partial charge < -0.3 is 19.9 Å². The van der Waals surface area contributed by atoms with E-state index in [4.69, 9.17) is 19.9 Å². The first-order valence-electron chi connectivity index (χ1n) is 7.41. The van der Waals surface area contributed by atoms with Crippen molar-refractivity contribution < 1.29 is 19.0 Å². The van der Waals surface area contributed by atoms with Gasteiger partial charge in [-0.25, -0.2) is 0 Å². The van der Waals surface area contributed by atoms with E-state index in [0.29, 0.717) is 17.6 Å². The highest BCUT2D eigenvalue weighted by molar-refractivity contribution is 8.00. The van der Waals surface area contributed by atoms with Crippen molar-refractivity contribution in [2.24, 2.45) is 5.73 Å². The van der Waals surface area contributed by atoms with Gasteiger partial charge in [0.1, 0.15) is 6.04 Å². The summed E-state index contributed by atoms with van der Waals surface area (Å²) in [6.45, 7) is 4.56. The fraction of sp³-hybridized carbons (Fsp3) is 0.929. The quantitative estimate of drug-likeness (QED) is 0.773. The van der Waals surface area contributed by atoms with Crippen molar-refractivity contribution in [3.63, 3.8) is 0 Å². The van der Waals surface area contributed by atoms with Crippen LogP contribution in [0.2, 0.25) is 0 Å². The largest absolute Gasteiger partial charge is 0.465 e. The molecule has 0 aromatic heterocycles. The molecule has 0 saturated carbocycles. The Hall–Kier alpha value is -0.300. The summed E-state index contributed by atoms with van der Waals surface area (Å²) in [7, 11) is 0. The highest BCUT2D eigenvalue weighted by Crippen LogP contribution is 2.38. The van der Waals surface area contributed by atoms with Gasteiger partial charge >= 0.3 is 5.97 Å². The first-order valence-corrected chi connectivity index (χ1v) is 8.45. The lowest BCUT2D eigenvalue weighted by molar-refractivity contribution is -0.144. The molecular weight excluding hydrogens is 278 g/mol. The van der Waals surface area contributed by atoms with Crippen LogP contribution in [0, 0.1) is 0 Å². The molecule has 0 aromatic rings. The summed E-state index contributed by atoms with van der Waals surface area (Å²) in [5.41, 5.74) is 5.85. The van der Waals surface area contributed by atoms with Crippen molar-refractivity contribution in [1.82, 2.24) is 0 Å². The van der Waals surface area contributed by atoms with Gasteiger partial charge in [0.05, 0.1) is 12.2 Å². The zero-order valence-corrected chi connectivity index (χ0v) is 13.0. The average molecular weight is 303 g/mol. The Balaban J connectivity index is 1.76. The Morgan fingerprint density at radius 1 is 1.45 bits per heavy atom. The fourth-order valence-electron chi connectivity index (χ4n) is 2.77. The van der Waals surface area contributed by atoms with Crippen LogP contribution in [0.5, 0.6) is 0 Å². The first-order chi connectivity index (χ1) is 9.65. The predicted molar refractivity (Wildman–Crippen MR) is 78.8 cm³/mol. The number of rotatable bonds is 5. The summed E-state index contributed by atoms with van der Waals surface area (Å²) in [4.78, 5) is 11.5. The molecule has 0 aliphatic carbocycles. The number of ether oxygens (including phenoxy) is 3. The van der Waals surface area contributed by atoms with Gasteiger partial charge in [0.15, 0.2) is 0 Å². The Bertz CT molecular complexity index is 315. The normalized spacial score (nSPS) is 27.2. The molecular formula is C14H25NO4S. The minimum Gasteiger partial charge on any atom is -0.465 e. The van der Waals surface area contributed by atoms with Gasteiger partial charge in [0.25, 0.3) is 0 Å². The van der Waals surface area contributed by atoms with Crippen molar-refractivity contribution in [3.8, 4) is 0 Å². The van der Waals surface area contributed by atoms with E-state index < -0.39 is 6.04 Å². The highest BCUT2D eigenvalue weighted by atomic mass is 32.2. The van der Waals surface area contributed by atoms with Crippen LogP contribution < -0.4 is 5.73 Å².